The number of carbonyl (C=O) groups excluding carboxylic acids is 1. The van der Waals surface area contributed by atoms with Crippen molar-refractivity contribution in [2.45, 2.75) is 39.0 Å². The summed E-state index contributed by atoms with van der Waals surface area (Å²) in [7, 11) is 0. The van der Waals surface area contributed by atoms with Crippen LogP contribution in [0.3, 0.4) is 0 Å². The van der Waals surface area contributed by atoms with Gasteiger partial charge in [-0.2, -0.15) is 0 Å². The zero-order chi connectivity index (χ0) is 12.8. The van der Waals surface area contributed by atoms with Crippen LogP contribution in [0.25, 0.3) is 0 Å². The van der Waals surface area contributed by atoms with Crippen molar-refractivity contribution < 1.29 is 4.79 Å². The Hall–Kier alpha value is -1.51. The Morgan fingerprint density at radius 2 is 1.83 bits per heavy atom. The molecule has 0 saturated carbocycles. The topological polar surface area (TPSA) is 32.3 Å². The Labute approximate surface area is 109 Å². The van der Waals surface area contributed by atoms with Gasteiger partial charge in [0.25, 0.3) is 0 Å². The smallest absolute Gasteiger partial charge is 0.224 e. The van der Waals surface area contributed by atoms with Gasteiger partial charge >= 0.3 is 0 Å². The van der Waals surface area contributed by atoms with E-state index in [1.165, 1.54) is 24.9 Å². The molecular weight excluding hydrogens is 224 g/mol. The summed E-state index contributed by atoms with van der Waals surface area (Å²) in [5.41, 5.74) is 2.16. The van der Waals surface area contributed by atoms with E-state index in [4.69, 9.17) is 0 Å². The summed E-state index contributed by atoms with van der Waals surface area (Å²) >= 11 is 0. The van der Waals surface area contributed by atoms with Crippen molar-refractivity contribution in [2.24, 2.45) is 0 Å². The second kappa shape index (κ2) is 6.43. The molecular formula is C15H22N2O. The zero-order valence-corrected chi connectivity index (χ0v) is 11.1. The van der Waals surface area contributed by atoms with E-state index in [0.29, 0.717) is 6.42 Å². The Morgan fingerprint density at radius 1 is 1.17 bits per heavy atom. The predicted molar refractivity (Wildman–Crippen MR) is 76.0 cm³/mol. The molecule has 3 nitrogen and oxygen atoms in total. The number of rotatable bonds is 4. The highest BCUT2D eigenvalue weighted by Crippen LogP contribution is 2.21. The number of nitrogens with one attached hydrogen (secondary N) is 1. The van der Waals surface area contributed by atoms with Crippen molar-refractivity contribution in [3.05, 3.63) is 24.3 Å². The monoisotopic (exact) mass is 246 g/mol. The molecule has 1 heterocycles. The van der Waals surface area contributed by atoms with Gasteiger partial charge in [-0.25, -0.2) is 0 Å². The molecule has 1 aromatic rings. The number of hydrogen-bond donors (Lipinski definition) is 1. The maximum atomic E-state index is 11.5. The fraction of sp³-hybridized carbons (Fsp3) is 0.533. The van der Waals surface area contributed by atoms with Gasteiger partial charge in [-0.1, -0.05) is 6.92 Å². The number of piperidine rings is 1. The van der Waals surface area contributed by atoms with Gasteiger partial charge in [0, 0.05) is 30.9 Å². The minimum Gasteiger partial charge on any atom is -0.372 e. The molecule has 98 valence electrons. The van der Waals surface area contributed by atoms with Gasteiger partial charge in [-0.05, 0) is 49.9 Å². The third-order valence-corrected chi connectivity index (χ3v) is 3.35. The van der Waals surface area contributed by atoms with Crippen LogP contribution in [0, 0.1) is 0 Å². The third-order valence-electron chi connectivity index (χ3n) is 3.35. The van der Waals surface area contributed by atoms with Crippen LogP contribution in [0.15, 0.2) is 24.3 Å². The van der Waals surface area contributed by atoms with Gasteiger partial charge in [-0.15, -0.1) is 0 Å². The minimum atomic E-state index is 0.100. The molecule has 0 atom stereocenters. The first-order chi connectivity index (χ1) is 8.79. The number of carbonyl (C=O) groups is 1. The van der Waals surface area contributed by atoms with E-state index in [1.54, 1.807) is 0 Å². The Kier molecular flexibility index (Phi) is 4.62. The van der Waals surface area contributed by atoms with E-state index in [2.05, 4.69) is 22.3 Å². The number of amides is 1. The quantitative estimate of drug-likeness (QED) is 0.883. The molecule has 0 bridgehead atoms. The highest BCUT2D eigenvalue weighted by molar-refractivity contribution is 5.90. The second-order valence-electron chi connectivity index (χ2n) is 4.89. The normalized spacial score (nSPS) is 15.5. The summed E-state index contributed by atoms with van der Waals surface area (Å²) in [6.45, 7) is 4.32. The first kappa shape index (κ1) is 12.9. The summed E-state index contributed by atoms with van der Waals surface area (Å²) in [5, 5.41) is 2.92. The lowest BCUT2D eigenvalue weighted by Gasteiger charge is -2.28. The molecule has 0 unspecified atom stereocenters. The van der Waals surface area contributed by atoms with Crippen LogP contribution < -0.4 is 10.2 Å². The Balaban J connectivity index is 1.94. The predicted octanol–water partition coefficient (Wildman–Crippen LogP) is 3.42. The average molecular weight is 246 g/mol. The van der Waals surface area contributed by atoms with Gasteiger partial charge < -0.3 is 10.2 Å². The lowest BCUT2D eigenvalue weighted by Crippen LogP contribution is -2.29. The maximum Gasteiger partial charge on any atom is 0.224 e. The molecule has 1 aromatic carbocycles. The van der Waals surface area contributed by atoms with Crippen molar-refractivity contribution >= 4 is 17.3 Å². The summed E-state index contributed by atoms with van der Waals surface area (Å²) in [6, 6.07) is 8.20. The summed E-state index contributed by atoms with van der Waals surface area (Å²) in [4.78, 5) is 13.9. The van der Waals surface area contributed by atoms with Crippen LogP contribution >= 0.6 is 0 Å². The standard InChI is InChI=1S/C15H22N2O/c1-2-6-15(18)16-13-7-9-14(10-8-13)17-11-4-3-5-12-17/h7-10H,2-6,11-12H2,1H3,(H,16,18). The van der Waals surface area contributed by atoms with E-state index in [0.717, 1.165) is 25.2 Å². The molecule has 1 amide bonds. The van der Waals surface area contributed by atoms with Gasteiger partial charge in [0.05, 0.1) is 0 Å². The van der Waals surface area contributed by atoms with Crippen LogP contribution in [0.2, 0.25) is 0 Å². The zero-order valence-electron chi connectivity index (χ0n) is 11.1. The van der Waals surface area contributed by atoms with Crippen LogP contribution in [-0.4, -0.2) is 19.0 Å². The number of nitrogens with zero attached hydrogens (tertiary/aromatic N) is 1. The summed E-state index contributed by atoms with van der Waals surface area (Å²) < 4.78 is 0. The molecule has 1 saturated heterocycles. The molecule has 2 rings (SSSR count). The molecule has 3 heteroatoms. The van der Waals surface area contributed by atoms with Crippen molar-refractivity contribution in [3.63, 3.8) is 0 Å². The first-order valence-corrected chi connectivity index (χ1v) is 6.94. The second-order valence-corrected chi connectivity index (χ2v) is 4.89. The number of hydrogen-bond acceptors (Lipinski definition) is 2. The largest absolute Gasteiger partial charge is 0.372 e. The maximum absolute atomic E-state index is 11.5. The van der Waals surface area contributed by atoms with Gasteiger partial charge in [0.15, 0.2) is 0 Å². The van der Waals surface area contributed by atoms with E-state index < -0.39 is 0 Å². The fourth-order valence-electron chi connectivity index (χ4n) is 2.36. The van der Waals surface area contributed by atoms with Gasteiger partial charge in [0.2, 0.25) is 5.91 Å². The number of benzene rings is 1. The van der Waals surface area contributed by atoms with Crippen LogP contribution in [0.4, 0.5) is 11.4 Å². The lowest BCUT2D eigenvalue weighted by atomic mass is 10.1. The van der Waals surface area contributed by atoms with Crippen LogP contribution in [0.1, 0.15) is 39.0 Å². The van der Waals surface area contributed by atoms with Crippen molar-refractivity contribution in [1.82, 2.24) is 0 Å². The van der Waals surface area contributed by atoms with Crippen LogP contribution in [-0.2, 0) is 4.79 Å². The molecule has 1 aliphatic heterocycles. The molecule has 0 spiro atoms. The van der Waals surface area contributed by atoms with E-state index in [1.807, 2.05) is 19.1 Å². The molecule has 1 fully saturated rings. The minimum absolute atomic E-state index is 0.100. The van der Waals surface area contributed by atoms with Crippen molar-refractivity contribution in [3.8, 4) is 0 Å². The highest BCUT2D eigenvalue weighted by Gasteiger charge is 2.10. The first-order valence-electron chi connectivity index (χ1n) is 6.94. The molecule has 1 aliphatic rings. The summed E-state index contributed by atoms with van der Waals surface area (Å²) in [5.74, 6) is 0.100. The van der Waals surface area contributed by atoms with E-state index in [-0.39, 0.29) is 5.91 Å². The van der Waals surface area contributed by atoms with Crippen molar-refractivity contribution in [1.29, 1.82) is 0 Å². The van der Waals surface area contributed by atoms with Crippen molar-refractivity contribution in [2.75, 3.05) is 23.3 Å². The molecule has 18 heavy (non-hydrogen) atoms. The van der Waals surface area contributed by atoms with E-state index in [9.17, 15) is 4.79 Å². The molecule has 0 aliphatic carbocycles. The Bertz CT molecular complexity index is 380. The SMILES string of the molecule is CCCC(=O)Nc1ccc(N2CCCCC2)cc1. The Morgan fingerprint density at radius 3 is 2.44 bits per heavy atom. The van der Waals surface area contributed by atoms with Gasteiger partial charge in [-0.3, -0.25) is 4.79 Å². The van der Waals surface area contributed by atoms with Crippen LogP contribution in [0.5, 0.6) is 0 Å². The fourth-order valence-corrected chi connectivity index (χ4v) is 2.36. The number of anilines is 2. The molecule has 0 aromatic heterocycles. The molecule has 0 radical (unpaired) electrons. The van der Waals surface area contributed by atoms with E-state index >= 15 is 0 Å². The lowest BCUT2D eigenvalue weighted by molar-refractivity contribution is -0.116. The molecule has 1 N–H and O–H groups in total. The average Bonchev–Trinajstić information content (AvgIpc) is 2.41. The summed E-state index contributed by atoms with van der Waals surface area (Å²) in [6.07, 6.45) is 5.40. The highest BCUT2D eigenvalue weighted by atomic mass is 16.1. The third kappa shape index (κ3) is 3.49. The van der Waals surface area contributed by atoms with Gasteiger partial charge in [0.1, 0.15) is 0 Å².